The molecule has 1 aliphatic rings. The number of hydrogen-bond acceptors (Lipinski definition) is 7. The fraction of sp³-hybridized carbons (Fsp3) is 0.167. The number of nitrogens with zero attached hydrogens (tertiary/aromatic N) is 4. The molecule has 1 aliphatic heterocycles. The topological polar surface area (TPSA) is 72.4 Å². The van der Waals surface area contributed by atoms with Gasteiger partial charge in [-0.1, -0.05) is 18.2 Å². The molecule has 1 N–H and O–H groups in total. The van der Waals surface area contributed by atoms with E-state index in [2.05, 4.69) is 20.5 Å². The molecule has 4 rings (SSSR count). The third-order valence-corrected chi connectivity index (χ3v) is 3.81. The van der Waals surface area contributed by atoms with Crippen LogP contribution in [0.15, 0.2) is 54.7 Å². The Bertz CT molecular complexity index is 872. The number of hydrogen-bond donors (Lipinski definition) is 1. The summed E-state index contributed by atoms with van der Waals surface area (Å²) in [6.07, 6.45) is 1.58. The molecule has 25 heavy (non-hydrogen) atoms. The Morgan fingerprint density at radius 1 is 1.00 bits per heavy atom. The van der Waals surface area contributed by atoms with Crippen molar-refractivity contribution in [1.82, 2.24) is 15.2 Å². The number of benzene rings is 2. The van der Waals surface area contributed by atoms with Gasteiger partial charge in [-0.25, -0.2) is 0 Å². The summed E-state index contributed by atoms with van der Waals surface area (Å²) in [5.41, 5.74) is 1.83. The summed E-state index contributed by atoms with van der Waals surface area (Å²) in [6.45, 7) is 1.13. The van der Waals surface area contributed by atoms with Gasteiger partial charge in [0, 0.05) is 24.5 Å². The van der Waals surface area contributed by atoms with Gasteiger partial charge in [-0.05, 0) is 24.3 Å². The van der Waals surface area contributed by atoms with E-state index in [4.69, 9.17) is 9.47 Å². The smallest absolute Gasteiger partial charge is 0.251 e. The van der Waals surface area contributed by atoms with Crippen molar-refractivity contribution in [3.05, 3.63) is 54.7 Å². The van der Waals surface area contributed by atoms with Crippen molar-refractivity contribution in [2.24, 2.45) is 0 Å². The van der Waals surface area contributed by atoms with Crippen molar-refractivity contribution in [2.45, 2.75) is 0 Å². The number of para-hydroxylation sites is 1. The van der Waals surface area contributed by atoms with Crippen LogP contribution in [0.4, 0.5) is 23.1 Å². The Hall–Kier alpha value is -3.35. The van der Waals surface area contributed by atoms with Crippen molar-refractivity contribution in [1.29, 1.82) is 0 Å². The third-order valence-electron chi connectivity index (χ3n) is 3.81. The van der Waals surface area contributed by atoms with Gasteiger partial charge in [0.25, 0.3) is 5.95 Å². The molecular weight excluding hydrogens is 318 g/mol. The molecule has 0 amide bonds. The van der Waals surface area contributed by atoms with Crippen LogP contribution in [0.3, 0.4) is 0 Å². The molecule has 2 aromatic carbocycles. The molecule has 7 heteroatoms. The van der Waals surface area contributed by atoms with E-state index in [1.54, 1.807) is 6.20 Å². The molecule has 2 heterocycles. The van der Waals surface area contributed by atoms with Crippen LogP contribution in [0, 0.1) is 0 Å². The van der Waals surface area contributed by atoms with Gasteiger partial charge in [-0.2, -0.15) is 10.1 Å². The van der Waals surface area contributed by atoms with Gasteiger partial charge in [0.15, 0.2) is 17.3 Å². The normalized spacial score (nSPS) is 12.5. The predicted molar refractivity (Wildman–Crippen MR) is 95.0 cm³/mol. The minimum Gasteiger partial charge on any atom is -0.486 e. The van der Waals surface area contributed by atoms with E-state index in [-0.39, 0.29) is 0 Å². The van der Waals surface area contributed by atoms with Crippen LogP contribution in [0.25, 0.3) is 0 Å². The number of fused-ring (bicyclic) bond motifs is 1. The molecule has 1 aromatic heterocycles. The summed E-state index contributed by atoms with van der Waals surface area (Å²) in [5, 5.41) is 11.4. The van der Waals surface area contributed by atoms with Gasteiger partial charge in [0.05, 0.1) is 6.20 Å². The highest BCUT2D eigenvalue weighted by Crippen LogP contribution is 2.33. The number of aromatic nitrogens is 3. The van der Waals surface area contributed by atoms with Crippen LogP contribution in [0.2, 0.25) is 0 Å². The standard InChI is InChI=1S/C18H17N5O2/c1-23(14-5-3-2-4-6-14)18-21-17(12-19-22-18)20-13-7-8-15-16(11-13)25-10-9-24-15/h2-8,11-12H,9-10H2,1H3,(H,20,21,22). The van der Waals surface area contributed by atoms with Crippen LogP contribution in [0.5, 0.6) is 11.5 Å². The van der Waals surface area contributed by atoms with E-state index < -0.39 is 0 Å². The molecule has 0 aliphatic carbocycles. The number of ether oxygens (including phenoxy) is 2. The fourth-order valence-corrected chi connectivity index (χ4v) is 2.53. The van der Waals surface area contributed by atoms with Crippen LogP contribution in [0.1, 0.15) is 0 Å². The molecule has 0 atom stereocenters. The molecule has 0 unspecified atom stereocenters. The first-order valence-electron chi connectivity index (χ1n) is 7.95. The van der Waals surface area contributed by atoms with E-state index in [9.17, 15) is 0 Å². The van der Waals surface area contributed by atoms with E-state index in [0.29, 0.717) is 25.0 Å². The van der Waals surface area contributed by atoms with Crippen molar-refractivity contribution in [3.8, 4) is 11.5 Å². The average Bonchev–Trinajstić information content (AvgIpc) is 2.68. The number of nitrogens with one attached hydrogen (secondary N) is 1. The lowest BCUT2D eigenvalue weighted by Gasteiger charge is -2.19. The molecule has 126 valence electrons. The minimum absolute atomic E-state index is 0.508. The lowest BCUT2D eigenvalue weighted by atomic mass is 10.2. The summed E-state index contributed by atoms with van der Waals surface area (Å²) < 4.78 is 11.1. The lowest BCUT2D eigenvalue weighted by Crippen LogP contribution is -2.15. The summed E-state index contributed by atoms with van der Waals surface area (Å²) in [7, 11) is 1.90. The highest BCUT2D eigenvalue weighted by Gasteiger charge is 2.13. The highest BCUT2D eigenvalue weighted by atomic mass is 16.6. The monoisotopic (exact) mass is 335 g/mol. The summed E-state index contributed by atoms with van der Waals surface area (Å²) in [6, 6.07) is 15.6. The van der Waals surface area contributed by atoms with Crippen LogP contribution in [-0.4, -0.2) is 35.4 Å². The van der Waals surface area contributed by atoms with Crippen molar-refractivity contribution in [3.63, 3.8) is 0 Å². The van der Waals surface area contributed by atoms with E-state index in [0.717, 1.165) is 22.9 Å². The largest absolute Gasteiger partial charge is 0.486 e. The Balaban J connectivity index is 1.56. The first kappa shape index (κ1) is 15.2. The average molecular weight is 335 g/mol. The second-order valence-corrected chi connectivity index (χ2v) is 5.52. The van der Waals surface area contributed by atoms with Crippen molar-refractivity contribution < 1.29 is 9.47 Å². The van der Waals surface area contributed by atoms with Crippen molar-refractivity contribution in [2.75, 3.05) is 30.5 Å². The Morgan fingerprint density at radius 3 is 2.64 bits per heavy atom. The maximum atomic E-state index is 5.60. The second kappa shape index (κ2) is 6.64. The number of rotatable bonds is 4. The Kier molecular flexibility index (Phi) is 4.04. The highest BCUT2D eigenvalue weighted by molar-refractivity contribution is 5.63. The molecular formula is C18H17N5O2. The van der Waals surface area contributed by atoms with Gasteiger partial charge in [-0.3, -0.25) is 0 Å². The molecule has 0 saturated heterocycles. The lowest BCUT2D eigenvalue weighted by molar-refractivity contribution is 0.171. The SMILES string of the molecule is CN(c1ccccc1)c1nncc(Nc2ccc3c(c2)OCCO3)n1. The summed E-state index contributed by atoms with van der Waals surface area (Å²) in [5.74, 6) is 2.58. The first-order chi connectivity index (χ1) is 12.3. The Labute approximate surface area is 145 Å². The fourth-order valence-electron chi connectivity index (χ4n) is 2.53. The molecule has 0 bridgehead atoms. The first-order valence-corrected chi connectivity index (χ1v) is 7.95. The molecule has 0 fully saturated rings. The predicted octanol–water partition coefficient (Wildman–Crippen LogP) is 3.15. The zero-order valence-corrected chi connectivity index (χ0v) is 13.7. The third kappa shape index (κ3) is 3.30. The quantitative estimate of drug-likeness (QED) is 0.785. The molecule has 7 nitrogen and oxygen atoms in total. The van der Waals surface area contributed by atoms with Gasteiger partial charge in [0.2, 0.25) is 0 Å². The Morgan fingerprint density at radius 2 is 1.80 bits per heavy atom. The molecule has 0 spiro atoms. The van der Waals surface area contributed by atoms with E-state index in [1.165, 1.54) is 0 Å². The summed E-state index contributed by atoms with van der Waals surface area (Å²) in [4.78, 5) is 6.40. The van der Waals surface area contributed by atoms with Crippen molar-refractivity contribution >= 4 is 23.1 Å². The molecule has 3 aromatic rings. The maximum Gasteiger partial charge on any atom is 0.251 e. The minimum atomic E-state index is 0.508. The number of anilines is 4. The van der Waals surface area contributed by atoms with Gasteiger partial charge in [-0.15, -0.1) is 5.10 Å². The van der Waals surface area contributed by atoms with Gasteiger partial charge in [0.1, 0.15) is 13.2 Å². The van der Waals surface area contributed by atoms with E-state index >= 15 is 0 Å². The van der Waals surface area contributed by atoms with E-state index in [1.807, 2.05) is 60.5 Å². The maximum absolute atomic E-state index is 5.60. The van der Waals surface area contributed by atoms with Crippen LogP contribution < -0.4 is 19.7 Å². The second-order valence-electron chi connectivity index (χ2n) is 5.52. The molecule has 0 saturated carbocycles. The van der Waals surface area contributed by atoms with Crippen LogP contribution in [-0.2, 0) is 0 Å². The zero-order chi connectivity index (χ0) is 17.1. The zero-order valence-electron chi connectivity index (χ0n) is 13.7. The van der Waals surface area contributed by atoms with Gasteiger partial charge < -0.3 is 19.7 Å². The molecule has 0 radical (unpaired) electrons. The van der Waals surface area contributed by atoms with Crippen LogP contribution >= 0.6 is 0 Å². The van der Waals surface area contributed by atoms with Gasteiger partial charge >= 0.3 is 0 Å². The summed E-state index contributed by atoms with van der Waals surface area (Å²) >= 11 is 0.